The van der Waals surface area contributed by atoms with E-state index < -0.39 is 30.4 Å². The molecule has 92 valence electrons. The van der Waals surface area contributed by atoms with Gasteiger partial charge in [-0.25, -0.2) is 14.6 Å². The number of amides is 3. The highest BCUT2D eigenvalue weighted by atomic mass is 32.1. The van der Waals surface area contributed by atoms with Gasteiger partial charge in [-0.05, 0) is 0 Å². The molecule has 1 heterocycles. The molecule has 17 heavy (non-hydrogen) atoms. The van der Waals surface area contributed by atoms with Crippen molar-refractivity contribution < 1.29 is 19.5 Å². The first kappa shape index (κ1) is 12.9. The number of rotatable bonds is 5. The van der Waals surface area contributed by atoms with Gasteiger partial charge in [-0.15, -0.1) is 11.3 Å². The third kappa shape index (κ3) is 4.47. The van der Waals surface area contributed by atoms with Crippen molar-refractivity contribution in [2.45, 2.75) is 12.5 Å². The van der Waals surface area contributed by atoms with E-state index in [0.717, 1.165) is 0 Å². The number of aromatic nitrogens is 1. The van der Waals surface area contributed by atoms with Gasteiger partial charge in [0.25, 0.3) is 0 Å². The monoisotopic (exact) mass is 258 g/mol. The molecule has 0 fully saturated rings. The highest BCUT2D eigenvalue weighted by Gasteiger charge is 2.22. The van der Waals surface area contributed by atoms with E-state index in [1.165, 1.54) is 17.5 Å². The Balaban J connectivity index is 2.52. The van der Waals surface area contributed by atoms with Crippen LogP contribution in [0, 0.1) is 0 Å². The predicted molar refractivity (Wildman–Crippen MR) is 59.5 cm³/mol. The van der Waals surface area contributed by atoms with Gasteiger partial charge in [0, 0.05) is 11.6 Å². The van der Waals surface area contributed by atoms with Crippen LogP contribution < -0.4 is 16.4 Å². The van der Waals surface area contributed by atoms with Crippen LogP contribution in [-0.4, -0.2) is 34.0 Å². The van der Waals surface area contributed by atoms with Crippen LogP contribution in [-0.2, 0) is 9.59 Å². The van der Waals surface area contributed by atoms with Gasteiger partial charge in [0.1, 0.15) is 6.04 Å². The highest BCUT2D eigenvalue weighted by Crippen LogP contribution is 2.09. The van der Waals surface area contributed by atoms with Gasteiger partial charge in [0.05, 0.1) is 6.42 Å². The van der Waals surface area contributed by atoms with Crippen molar-refractivity contribution in [3.8, 4) is 0 Å². The molecule has 1 aromatic rings. The Bertz CT molecular complexity index is 419. The van der Waals surface area contributed by atoms with Gasteiger partial charge in [-0.2, -0.15) is 0 Å². The second kappa shape index (κ2) is 5.80. The van der Waals surface area contributed by atoms with Crippen molar-refractivity contribution in [2.75, 3.05) is 5.32 Å². The summed E-state index contributed by atoms with van der Waals surface area (Å²) in [5.74, 6) is -2.15. The summed E-state index contributed by atoms with van der Waals surface area (Å²) >= 11 is 1.18. The average molecular weight is 258 g/mol. The molecular weight excluding hydrogens is 248 g/mol. The van der Waals surface area contributed by atoms with Gasteiger partial charge in [0.15, 0.2) is 5.13 Å². The minimum Gasteiger partial charge on any atom is -0.480 e. The first-order valence-electron chi connectivity index (χ1n) is 4.47. The lowest BCUT2D eigenvalue weighted by molar-refractivity contribution is -0.140. The number of carbonyl (C=O) groups is 3. The van der Waals surface area contributed by atoms with Crippen LogP contribution in [0.25, 0.3) is 0 Å². The number of primary amides is 1. The first-order chi connectivity index (χ1) is 7.99. The second-order valence-electron chi connectivity index (χ2n) is 3.00. The fraction of sp³-hybridized carbons (Fsp3) is 0.250. The average Bonchev–Trinajstić information content (AvgIpc) is 2.68. The number of carboxylic acid groups (broad SMARTS) is 1. The van der Waals surface area contributed by atoms with E-state index in [9.17, 15) is 14.4 Å². The van der Waals surface area contributed by atoms with Gasteiger partial charge < -0.3 is 16.2 Å². The molecule has 0 spiro atoms. The molecule has 0 aliphatic carbocycles. The predicted octanol–water partition coefficient (Wildman–Crippen LogP) is -0.407. The molecule has 1 rings (SSSR count). The van der Waals surface area contributed by atoms with Crippen LogP contribution in [0.5, 0.6) is 0 Å². The SMILES string of the molecule is NC(=O)CC(NC(=O)Nc1nccs1)C(=O)O. The third-order valence-corrected chi connectivity index (χ3v) is 2.35. The number of anilines is 1. The number of carbonyl (C=O) groups excluding carboxylic acids is 2. The lowest BCUT2D eigenvalue weighted by Crippen LogP contribution is -2.45. The molecule has 1 atom stereocenters. The van der Waals surface area contributed by atoms with Crippen molar-refractivity contribution in [2.24, 2.45) is 5.73 Å². The quantitative estimate of drug-likeness (QED) is 0.569. The summed E-state index contributed by atoms with van der Waals surface area (Å²) in [6.07, 6.45) is 1.01. The van der Waals surface area contributed by atoms with Crippen molar-refractivity contribution in [1.29, 1.82) is 0 Å². The van der Waals surface area contributed by atoms with Crippen molar-refractivity contribution in [1.82, 2.24) is 10.3 Å². The van der Waals surface area contributed by atoms with Crippen molar-refractivity contribution >= 4 is 34.4 Å². The Kier molecular flexibility index (Phi) is 4.40. The molecule has 0 radical (unpaired) electrons. The van der Waals surface area contributed by atoms with E-state index in [4.69, 9.17) is 10.8 Å². The third-order valence-electron chi connectivity index (χ3n) is 1.66. The number of hydrogen-bond acceptors (Lipinski definition) is 5. The highest BCUT2D eigenvalue weighted by molar-refractivity contribution is 7.13. The van der Waals surface area contributed by atoms with Crippen LogP contribution >= 0.6 is 11.3 Å². The zero-order valence-electron chi connectivity index (χ0n) is 8.54. The fourth-order valence-corrected chi connectivity index (χ4v) is 1.50. The molecule has 0 bridgehead atoms. The second-order valence-corrected chi connectivity index (χ2v) is 3.89. The van der Waals surface area contributed by atoms with Gasteiger partial charge in [-0.3, -0.25) is 10.1 Å². The van der Waals surface area contributed by atoms with E-state index in [-0.39, 0.29) is 0 Å². The number of nitrogens with two attached hydrogens (primary N) is 1. The maximum absolute atomic E-state index is 11.3. The summed E-state index contributed by atoms with van der Waals surface area (Å²) in [4.78, 5) is 36.4. The number of hydrogen-bond donors (Lipinski definition) is 4. The number of aliphatic carboxylic acids is 1. The molecule has 0 aliphatic rings. The van der Waals surface area contributed by atoms with Gasteiger partial charge in [-0.1, -0.05) is 0 Å². The van der Waals surface area contributed by atoms with Crippen LogP contribution in [0.4, 0.5) is 9.93 Å². The Morgan fingerprint density at radius 2 is 2.24 bits per heavy atom. The Morgan fingerprint density at radius 1 is 1.53 bits per heavy atom. The van der Waals surface area contributed by atoms with Crippen molar-refractivity contribution in [3.63, 3.8) is 0 Å². The molecule has 0 aromatic carbocycles. The number of nitrogens with one attached hydrogen (secondary N) is 2. The Morgan fingerprint density at radius 3 is 2.71 bits per heavy atom. The molecular formula is C8H10N4O4S. The lowest BCUT2D eigenvalue weighted by atomic mass is 10.2. The molecule has 0 aliphatic heterocycles. The summed E-state index contributed by atoms with van der Waals surface area (Å²) in [6, 6.07) is -2.11. The summed E-state index contributed by atoms with van der Waals surface area (Å²) in [6.45, 7) is 0. The van der Waals surface area contributed by atoms with Crippen LogP contribution in [0.3, 0.4) is 0 Å². The van der Waals surface area contributed by atoms with E-state index in [1.54, 1.807) is 5.38 Å². The molecule has 5 N–H and O–H groups in total. The Labute approximate surface area is 99.8 Å². The summed E-state index contributed by atoms with van der Waals surface area (Å²) in [5, 5.41) is 15.1. The molecule has 8 nitrogen and oxygen atoms in total. The zero-order chi connectivity index (χ0) is 12.8. The smallest absolute Gasteiger partial charge is 0.326 e. The number of carboxylic acids is 1. The van der Waals surface area contributed by atoms with Crippen LogP contribution in [0.1, 0.15) is 6.42 Å². The van der Waals surface area contributed by atoms with E-state index in [2.05, 4.69) is 15.6 Å². The van der Waals surface area contributed by atoms with Gasteiger partial charge >= 0.3 is 12.0 Å². The van der Waals surface area contributed by atoms with Gasteiger partial charge in [0.2, 0.25) is 5.91 Å². The lowest BCUT2D eigenvalue weighted by Gasteiger charge is -2.12. The van der Waals surface area contributed by atoms with E-state index in [0.29, 0.717) is 5.13 Å². The van der Waals surface area contributed by atoms with Crippen LogP contribution in [0.15, 0.2) is 11.6 Å². The number of thiazole rings is 1. The number of nitrogens with zero attached hydrogens (tertiary/aromatic N) is 1. The summed E-state index contributed by atoms with van der Waals surface area (Å²) in [5.41, 5.74) is 4.86. The molecule has 3 amide bonds. The molecule has 1 aromatic heterocycles. The normalized spacial score (nSPS) is 11.5. The topological polar surface area (TPSA) is 134 Å². The Hall–Kier alpha value is -2.16. The number of urea groups is 1. The largest absolute Gasteiger partial charge is 0.480 e. The fourth-order valence-electron chi connectivity index (χ4n) is 0.978. The van der Waals surface area contributed by atoms with E-state index >= 15 is 0 Å². The molecule has 0 saturated carbocycles. The van der Waals surface area contributed by atoms with E-state index in [1.807, 2.05) is 0 Å². The first-order valence-corrected chi connectivity index (χ1v) is 5.35. The molecule has 0 saturated heterocycles. The maximum atomic E-state index is 11.3. The standard InChI is InChI=1S/C8H10N4O4S/c9-5(13)3-4(6(14)15)11-7(16)12-8-10-1-2-17-8/h1-2,4H,3H2,(H2,9,13)(H,14,15)(H2,10,11,12,16). The summed E-state index contributed by atoms with van der Waals surface area (Å²) in [7, 11) is 0. The molecule has 1 unspecified atom stereocenters. The summed E-state index contributed by atoms with van der Waals surface area (Å²) < 4.78 is 0. The molecule has 9 heteroatoms. The van der Waals surface area contributed by atoms with Crippen LogP contribution in [0.2, 0.25) is 0 Å². The minimum atomic E-state index is -1.35. The zero-order valence-corrected chi connectivity index (χ0v) is 9.36. The van der Waals surface area contributed by atoms with Crippen molar-refractivity contribution in [3.05, 3.63) is 11.6 Å². The maximum Gasteiger partial charge on any atom is 0.326 e. The minimum absolute atomic E-state index is 0.325.